The quantitative estimate of drug-likeness (QED) is 0.651. The number of nitrogens with two attached hydrogens (primary N) is 1. The molecule has 2 aromatic rings. The van der Waals surface area contributed by atoms with Crippen LogP contribution in [0.15, 0.2) is 48.5 Å². The fourth-order valence-electron chi connectivity index (χ4n) is 4.78. The molecule has 2 amide bonds. The van der Waals surface area contributed by atoms with Gasteiger partial charge in [0.2, 0.25) is 5.91 Å². The number of rotatable bonds is 8. The van der Waals surface area contributed by atoms with Crippen LogP contribution in [0.4, 0.5) is 0 Å². The number of carbonyl (C=O) groups excluding carboxylic acids is 2. The Balaban J connectivity index is 1.53. The molecule has 1 heterocycles. The van der Waals surface area contributed by atoms with Gasteiger partial charge in [-0.05, 0) is 57.2 Å². The highest BCUT2D eigenvalue weighted by Gasteiger charge is 2.42. The van der Waals surface area contributed by atoms with Crippen molar-refractivity contribution in [2.24, 2.45) is 5.73 Å². The third-order valence-corrected chi connectivity index (χ3v) is 6.85. The maximum absolute atomic E-state index is 13.4. The van der Waals surface area contributed by atoms with Gasteiger partial charge in [0.1, 0.15) is 6.04 Å². The first-order chi connectivity index (χ1) is 16.0. The third kappa shape index (κ3) is 5.81. The molecule has 2 fully saturated rings. The topological polar surface area (TPSA) is 78.7 Å². The standard InChI is InChI=1S/C27H36N4O2/c1-19-3-7-21(8-4-19)18-31(23-11-12-23)24-13-16-30(25(17-24)26(32)29-15-14-28)27(33)22-9-5-20(2)6-10-22/h3-10,23-25H,11-18,28H2,1-2H3,(H,29,32)/t24?,25-/m1/s1. The number of piperidine rings is 1. The SMILES string of the molecule is Cc1ccc(CN(C2CC2)C2CCN(C(=O)c3ccc(C)cc3)[C@@H](C(=O)NCCN)C2)cc1. The number of amides is 2. The van der Waals surface area contributed by atoms with Crippen LogP contribution in [-0.2, 0) is 11.3 Å². The molecule has 0 bridgehead atoms. The van der Waals surface area contributed by atoms with Gasteiger partial charge in [-0.15, -0.1) is 0 Å². The van der Waals surface area contributed by atoms with E-state index in [9.17, 15) is 9.59 Å². The second-order valence-corrected chi connectivity index (χ2v) is 9.53. The molecule has 0 aromatic heterocycles. The highest BCUT2D eigenvalue weighted by molar-refractivity contribution is 5.97. The van der Waals surface area contributed by atoms with Gasteiger partial charge in [0.15, 0.2) is 0 Å². The van der Waals surface area contributed by atoms with Gasteiger partial charge in [-0.3, -0.25) is 14.5 Å². The Hall–Kier alpha value is -2.70. The average molecular weight is 449 g/mol. The van der Waals surface area contributed by atoms with Gasteiger partial charge >= 0.3 is 0 Å². The first-order valence-corrected chi connectivity index (χ1v) is 12.1. The van der Waals surface area contributed by atoms with E-state index in [1.165, 1.54) is 24.0 Å². The van der Waals surface area contributed by atoms with Crippen molar-refractivity contribution >= 4 is 11.8 Å². The molecule has 33 heavy (non-hydrogen) atoms. The summed E-state index contributed by atoms with van der Waals surface area (Å²) in [6.07, 6.45) is 3.94. The lowest BCUT2D eigenvalue weighted by Gasteiger charge is -2.43. The number of hydrogen-bond donors (Lipinski definition) is 2. The Kier molecular flexibility index (Phi) is 7.46. The van der Waals surface area contributed by atoms with Crippen molar-refractivity contribution in [3.05, 3.63) is 70.8 Å². The van der Waals surface area contributed by atoms with E-state index in [0.29, 0.717) is 37.7 Å². The zero-order valence-corrected chi connectivity index (χ0v) is 19.8. The summed E-state index contributed by atoms with van der Waals surface area (Å²) in [5, 5.41) is 2.93. The summed E-state index contributed by atoms with van der Waals surface area (Å²) < 4.78 is 0. The normalized spacial score (nSPS) is 20.7. The van der Waals surface area contributed by atoms with E-state index in [2.05, 4.69) is 41.4 Å². The number of hydrogen-bond acceptors (Lipinski definition) is 4. The fourth-order valence-corrected chi connectivity index (χ4v) is 4.78. The Morgan fingerprint density at radius 2 is 1.61 bits per heavy atom. The average Bonchev–Trinajstić information content (AvgIpc) is 3.67. The molecule has 1 unspecified atom stereocenters. The van der Waals surface area contributed by atoms with Gasteiger partial charge < -0.3 is 16.0 Å². The van der Waals surface area contributed by atoms with Gasteiger partial charge in [-0.25, -0.2) is 0 Å². The van der Waals surface area contributed by atoms with E-state index in [1.807, 2.05) is 31.2 Å². The van der Waals surface area contributed by atoms with Crippen LogP contribution in [0.1, 0.15) is 52.7 Å². The van der Waals surface area contributed by atoms with Gasteiger partial charge in [0.25, 0.3) is 5.91 Å². The van der Waals surface area contributed by atoms with Crippen molar-refractivity contribution in [1.29, 1.82) is 0 Å². The number of aryl methyl sites for hydroxylation is 2. The second-order valence-electron chi connectivity index (χ2n) is 9.53. The lowest BCUT2D eigenvalue weighted by Crippen LogP contribution is -2.57. The van der Waals surface area contributed by atoms with E-state index in [0.717, 1.165) is 18.5 Å². The molecule has 1 aliphatic carbocycles. The smallest absolute Gasteiger partial charge is 0.254 e. The minimum Gasteiger partial charge on any atom is -0.353 e. The van der Waals surface area contributed by atoms with Crippen molar-refractivity contribution in [3.63, 3.8) is 0 Å². The van der Waals surface area contributed by atoms with Crippen LogP contribution in [0.2, 0.25) is 0 Å². The largest absolute Gasteiger partial charge is 0.353 e. The molecule has 6 nitrogen and oxygen atoms in total. The van der Waals surface area contributed by atoms with Crippen LogP contribution in [-0.4, -0.2) is 59.4 Å². The van der Waals surface area contributed by atoms with Crippen molar-refractivity contribution in [3.8, 4) is 0 Å². The summed E-state index contributed by atoms with van der Waals surface area (Å²) in [5.41, 5.74) is 9.93. The predicted octanol–water partition coefficient (Wildman–Crippen LogP) is 3.02. The summed E-state index contributed by atoms with van der Waals surface area (Å²) in [6.45, 7) is 6.38. The van der Waals surface area contributed by atoms with Crippen molar-refractivity contribution in [2.45, 2.75) is 64.2 Å². The minimum absolute atomic E-state index is 0.0714. The van der Waals surface area contributed by atoms with Crippen molar-refractivity contribution in [1.82, 2.24) is 15.1 Å². The molecule has 0 radical (unpaired) electrons. The van der Waals surface area contributed by atoms with Crippen LogP contribution in [0.25, 0.3) is 0 Å². The van der Waals surface area contributed by atoms with Gasteiger partial charge in [-0.1, -0.05) is 47.5 Å². The first-order valence-electron chi connectivity index (χ1n) is 12.1. The first kappa shape index (κ1) is 23.5. The van der Waals surface area contributed by atoms with Gasteiger partial charge in [0, 0.05) is 43.8 Å². The van der Waals surface area contributed by atoms with E-state index in [4.69, 9.17) is 5.73 Å². The molecular weight excluding hydrogens is 412 g/mol. The molecule has 176 valence electrons. The van der Waals surface area contributed by atoms with E-state index >= 15 is 0 Å². The molecule has 2 aliphatic rings. The van der Waals surface area contributed by atoms with E-state index in [1.54, 1.807) is 4.90 Å². The lowest BCUT2D eigenvalue weighted by atomic mass is 9.93. The van der Waals surface area contributed by atoms with Crippen LogP contribution < -0.4 is 11.1 Å². The Morgan fingerprint density at radius 1 is 0.970 bits per heavy atom. The molecular formula is C27H36N4O2. The van der Waals surface area contributed by atoms with Crippen molar-refractivity contribution < 1.29 is 9.59 Å². The van der Waals surface area contributed by atoms with E-state index < -0.39 is 6.04 Å². The molecule has 1 aliphatic heterocycles. The van der Waals surface area contributed by atoms with E-state index in [-0.39, 0.29) is 17.9 Å². The Morgan fingerprint density at radius 3 is 2.21 bits per heavy atom. The van der Waals surface area contributed by atoms with Crippen LogP contribution in [0.5, 0.6) is 0 Å². The third-order valence-electron chi connectivity index (χ3n) is 6.85. The Labute approximate surface area is 197 Å². The van der Waals surface area contributed by atoms with Crippen LogP contribution in [0, 0.1) is 13.8 Å². The molecule has 3 N–H and O–H groups in total. The summed E-state index contributed by atoms with van der Waals surface area (Å²) >= 11 is 0. The Bertz CT molecular complexity index is 953. The molecule has 6 heteroatoms. The summed E-state index contributed by atoms with van der Waals surface area (Å²) in [4.78, 5) is 30.8. The van der Waals surface area contributed by atoms with Gasteiger partial charge in [0.05, 0.1) is 0 Å². The predicted molar refractivity (Wildman–Crippen MR) is 131 cm³/mol. The zero-order chi connectivity index (χ0) is 23.4. The summed E-state index contributed by atoms with van der Waals surface area (Å²) in [5.74, 6) is -0.172. The highest BCUT2D eigenvalue weighted by Crippen LogP contribution is 2.35. The molecule has 1 saturated heterocycles. The highest BCUT2D eigenvalue weighted by atomic mass is 16.2. The molecule has 0 spiro atoms. The number of carbonyl (C=O) groups is 2. The lowest BCUT2D eigenvalue weighted by molar-refractivity contribution is -0.127. The van der Waals surface area contributed by atoms with Gasteiger partial charge in [-0.2, -0.15) is 0 Å². The molecule has 2 atom stereocenters. The maximum Gasteiger partial charge on any atom is 0.254 e. The zero-order valence-electron chi connectivity index (χ0n) is 19.8. The van der Waals surface area contributed by atoms with Crippen LogP contribution >= 0.6 is 0 Å². The number of nitrogens with one attached hydrogen (secondary N) is 1. The van der Waals surface area contributed by atoms with Crippen LogP contribution in [0.3, 0.4) is 0 Å². The summed E-state index contributed by atoms with van der Waals surface area (Å²) in [6, 6.07) is 16.7. The summed E-state index contributed by atoms with van der Waals surface area (Å²) in [7, 11) is 0. The van der Waals surface area contributed by atoms with Crippen molar-refractivity contribution in [2.75, 3.05) is 19.6 Å². The maximum atomic E-state index is 13.4. The minimum atomic E-state index is -0.483. The number of benzene rings is 2. The second kappa shape index (κ2) is 10.5. The number of likely N-dealkylation sites (tertiary alicyclic amines) is 1. The molecule has 1 saturated carbocycles. The molecule has 2 aromatic carbocycles. The monoisotopic (exact) mass is 448 g/mol. The fraction of sp³-hybridized carbons (Fsp3) is 0.481. The molecule has 4 rings (SSSR count). The number of nitrogens with zero attached hydrogens (tertiary/aromatic N) is 2.